The third kappa shape index (κ3) is 3.85. The molecule has 0 aliphatic rings. The van der Waals surface area contributed by atoms with E-state index in [4.69, 9.17) is 16.6 Å². The number of pyridine rings is 2. The van der Waals surface area contributed by atoms with Gasteiger partial charge in [0.15, 0.2) is 0 Å². The van der Waals surface area contributed by atoms with Crippen LogP contribution in [0.3, 0.4) is 0 Å². The van der Waals surface area contributed by atoms with Gasteiger partial charge >= 0.3 is 0 Å². The van der Waals surface area contributed by atoms with Crippen molar-refractivity contribution in [1.82, 2.24) is 9.97 Å². The lowest BCUT2D eigenvalue weighted by Crippen LogP contribution is -2.12. The van der Waals surface area contributed by atoms with E-state index in [-0.39, 0.29) is 11.6 Å². The fourth-order valence-electron chi connectivity index (χ4n) is 2.12. The highest BCUT2D eigenvalue weighted by Crippen LogP contribution is 2.19. The molecule has 0 aliphatic heterocycles. The van der Waals surface area contributed by atoms with Crippen LogP contribution in [0, 0.1) is 17.7 Å². The minimum absolute atomic E-state index is 0.242. The molecule has 0 fully saturated rings. The van der Waals surface area contributed by atoms with E-state index in [0.29, 0.717) is 29.2 Å². The molecule has 0 aliphatic carbocycles. The number of anilines is 1. The van der Waals surface area contributed by atoms with Crippen molar-refractivity contribution >= 4 is 23.8 Å². The molecule has 1 atom stereocenters. The number of rotatable bonds is 6. The molecule has 2 aromatic heterocycles. The lowest BCUT2D eigenvalue weighted by Gasteiger charge is -2.11. The molecular formula is C17H20N6. The van der Waals surface area contributed by atoms with Crippen molar-refractivity contribution in [2.24, 2.45) is 4.99 Å². The normalized spacial score (nSPS) is 12.3. The molecule has 0 saturated heterocycles. The van der Waals surface area contributed by atoms with E-state index in [2.05, 4.69) is 15.0 Å². The van der Waals surface area contributed by atoms with Gasteiger partial charge in [-0.1, -0.05) is 0 Å². The van der Waals surface area contributed by atoms with Crippen molar-refractivity contribution in [2.45, 2.75) is 19.8 Å². The van der Waals surface area contributed by atoms with Crippen LogP contribution in [-0.2, 0) is 0 Å². The van der Waals surface area contributed by atoms with Gasteiger partial charge in [-0.05, 0) is 37.6 Å². The van der Waals surface area contributed by atoms with Crippen LogP contribution in [0.15, 0.2) is 35.6 Å². The smallest absolute Gasteiger partial charge is 0.0890 e. The molecule has 23 heavy (non-hydrogen) atoms. The lowest BCUT2D eigenvalue weighted by molar-refractivity contribution is 1.06. The van der Waals surface area contributed by atoms with E-state index in [9.17, 15) is 0 Å². The maximum absolute atomic E-state index is 8.38. The first-order chi connectivity index (χ1) is 11.1. The zero-order valence-electron chi connectivity index (χ0n) is 13.2. The molecule has 118 valence electrons. The summed E-state index contributed by atoms with van der Waals surface area (Å²) in [4.78, 5) is 12.7. The second-order valence-electron chi connectivity index (χ2n) is 5.13. The Labute approximate surface area is 135 Å². The van der Waals surface area contributed by atoms with Crippen LogP contribution >= 0.6 is 0 Å². The maximum Gasteiger partial charge on any atom is 0.0890 e. The second kappa shape index (κ2) is 7.40. The van der Waals surface area contributed by atoms with E-state index in [1.165, 1.54) is 12.4 Å². The molecule has 6 nitrogen and oxygen atoms in total. The summed E-state index contributed by atoms with van der Waals surface area (Å²) in [5.74, 6) is -0.326. The largest absolute Gasteiger partial charge is 0.397 e. The summed E-state index contributed by atoms with van der Waals surface area (Å²) >= 11 is 0. The van der Waals surface area contributed by atoms with Crippen LogP contribution in [0.25, 0.3) is 0 Å². The molecule has 0 radical (unpaired) electrons. The molecular weight excluding hydrogens is 288 g/mol. The molecule has 2 heterocycles. The van der Waals surface area contributed by atoms with Crippen molar-refractivity contribution in [1.29, 1.82) is 10.8 Å². The summed E-state index contributed by atoms with van der Waals surface area (Å²) in [6, 6.07) is 5.46. The Bertz CT molecular complexity index is 750. The molecule has 0 bridgehead atoms. The zero-order chi connectivity index (χ0) is 16.8. The fourth-order valence-corrected chi connectivity index (χ4v) is 2.12. The van der Waals surface area contributed by atoms with Crippen LogP contribution in [0.1, 0.15) is 35.4 Å². The molecule has 1 unspecified atom stereocenters. The van der Waals surface area contributed by atoms with Crippen molar-refractivity contribution in [2.75, 3.05) is 12.3 Å². The molecule has 0 saturated carbocycles. The Kier molecular flexibility index (Phi) is 5.30. The fraction of sp³-hybridized carbons (Fsp3) is 0.235. The van der Waals surface area contributed by atoms with E-state index in [1.54, 1.807) is 18.5 Å². The van der Waals surface area contributed by atoms with Gasteiger partial charge in [-0.3, -0.25) is 20.4 Å². The molecule has 2 rings (SSSR count). The van der Waals surface area contributed by atoms with Gasteiger partial charge in [-0.15, -0.1) is 0 Å². The zero-order valence-corrected chi connectivity index (χ0v) is 13.2. The Morgan fingerprint density at radius 1 is 1.39 bits per heavy atom. The third-order valence-corrected chi connectivity index (χ3v) is 3.37. The highest BCUT2D eigenvalue weighted by Gasteiger charge is 2.15. The number of nitrogen functional groups attached to an aromatic ring is 1. The SMILES string of the molecule is CCN=CC(C=N)c1cc(C(=N)c2cc(C)ccn2)c(N)cn1. The molecule has 4 N–H and O–H groups in total. The monoisotopic (exact) mass is 308 g/mol. The van der Waals surface area contributed by atoms with Gasteiger partial charge in [0.1, 0.15) is 0 Å². The van der Waals surface area contributed by atoms with Gasteiger partial charge in [-0.2, -0.15) is 0 Å². The number of nitrogens with one attached hydrogen (secondary N) is 2. The van der Waals surface area contributed by atoms with Crippen LogP contribution in [0.5, 0.6) is 0 Å². The quantitative estimate of drug-likeness (QED) is 0.713. The third-order valence-electron chi connectivity index (χ3n) is 3.37. The van der Waals surface area contributed by atoms with Crippen molar-refractivity contribution in [3.8, 4) is 0 Å². The summed E-state index contributed by atoms with van der Waals surface area (Å²) in [6.45, 7) is 4.53. The molecule has 2 aromatic rings. The Morgan fingerprint density at radius 3 is 2.83 bits per heavy atom. The van der Waals surface area contributed by atoms with E-state index in [1.807, 2.05) is 26.0 Å². The highest BCUT2D eigenvalue weighted by atomic mass is 14.8. The first-order valence-electron chi connectivity index (χ1n) is 7.34. The summed E-state index contributed by atoms with van der Waals surface area (Å²) in [7, 11) is 0. The maximum atomic E-state index is 8.38. The Balaban J connectivity index is 2.42. The van der Waals surface area contributed by atoms with Gasteiger partial charge in [0, 0.05) is 30.7 Å². The number of aliphatic imine (C=N–C) groups is 1. The lowest BCUT2D eigenvalue weighted by atomic mass is 10.0. The van der Waals surface area contributed by atoms with Crippen LogP contribution in [-0.4, -0.2) is 34.7 Å². The molecule has 6 heteroatoms. The molecule has 0 amide bonds. The van der Waals surface area contributed by atoms with Crippen LogP contribution < -0.4 is 5.73 Å². The number of aryl methyl sites for hydroxylation is 1. The van der Waals surface area contributed by atoms with Crippen LogP contribution in [0.4, 0.5) is 5.69 Å². The number of nitrogens with zero attached hydrogens (tertiary/aromatic N) is 3. The standard InChI is InChI=1S/C17H20N6/c1-3-21-9-12(8-18)15-7-13(14(19)10-23-15)17(20)16-6-11(2)4-5-22-16/h4-10,12,18,20H,3,19H2,1-2H3. The molecule has 0 spiro atoms. The average molecular weight is 308 g/mol. The van der Waals surface area contributed by atoms with Crippen molar-refractivity contribution < 1.29 is 0 Å². The van der Waals surface area contributed by atoms with Gasteiger partial charge < -0.3 is 11.1 Å². The summed E-state index contributed by atoms with van der Waals surface area (Å²) in [5.41, 5.74) is 9.43. The predicted octanol–water partition coefficient (Wildman–Crippen LogP) is 2.61. The number of nitrogens with two attached hydrogens (primary N) is 1. The predicted molar refractivity (Wildman–Crippen MR) is 94.1 cm³/mol. The minimum Gasteiger partial charge on any atom is -0.397 e. The van der Waals surface area contributed by atoms with Gasteiger partial charge in [0.2, 0.25) is 0 Å². The summed E-state index contributed by atoms with van der Waals surface area (Å²) in [5, 5.41) is 15.9. The van der Waals surface area contributed by atoms with Gasteiger partial charge in [-0.25, -0.2) is 0 Å². The van der Waals surface area contributed by atoms with E-state index < -0.39 is 0 Å². The van der Waals surface area contributed by atoms with E-state index >= 15 is 0 Å². The minimum atomic E-state index is -0.326. The molecule has 0 aromatic carbocycles. The average Bonchev–Trinajstić information content (AvgIpc) is 2.56. The first-order valence-corrected chi connectivity index (χ1v) is 7.34. The van der Waals surface area contributed by atoms with E-state index in [0.717, 1.165) is 5.56 Å². The Morgan fingerprint density at radius 2 is 2.17 bits per heavy atom. The number of hydrogen-bond donors (Lipinski definition) is 3. The highest BCUT2D eigenvalue weighted by molar-refractivity contribution is 6.12. The van der Waals surface area contributed by atoms with Gasteiger partial charge in [0.25, 0.3) is 0 Å². The number of aromatic nitrogens is 2. The topological polar surface area (TPSA) is 112 Å². The van der Waals surface area contributed by atoms with Crippen molar-refractivity contribution in [3.05, 3.63) is 53.1 Å². The van der Waals surface area contributed by atoms with Gasteiger partial charge in [0.05, 0.1) is 34.9 Å². The Hall–Kier alpha value is -2.89. The second-order valence-corrected chi connectivity index (χ2v) is 5.13. The number of hydrogen-bond acceptors (Lipinski definition) is 6. The first kappa shape index (κ1) is 16.5. The summed E-state index contributed by atoms with van der Waals surface area (Å²) < 4.78 is 0. The van der Waals surface area contributed by atoms with Crippen LogP contribution in [0.2, 0.25) is 0 Å². The summed E-state index contributed by atoms with van der Waals surface area (Å²) in [6.07, 6.45) is 6.15. The van der Waals surface area contributed by atoms with Crippen molar-refractivity contribution in [3.63, 3.8) is 0 Å².